The fourth-order valence-electron chi connectivity index (χ4n) is 2.57. The SMILES string of the molecule is CCn1nnnc1COc1ccc(C(=O)Nc2ccc(C)cc2C)cc1. The van der Waals surface area contributed by atoms with Gasteiger partial charge < -0.3 is 10.1 Å². The number of rotatable bonds is 6. The molecule has 3 rings (SSSR count). The van der Waals surface area contributed by atoms with Crippen molar-refractivity contribution in [1.82, 2.24) is 20.2 Å². The summed E-state index contributed by atoms with van der Waals surface area (Å²) in [5, 5.41) is 14.3. The molecule has 0 aliphatic rings. The van der Waals surface area contributed by atoms with Gasteiger partial charge in [0.2, 0.25) is 0 Å². The number of ether oxygens (including phenoxy) is 1. The van der Waals surface area contributed by atoms with Gasteiger partial charge in [-0.15, -0.1) is 5.10 Å². The Morgan fingerprint density at radius 1 is 1.15 bits per heavy atom. The Kier molecular flexibility index (Phi) is 5.26. The Labute approximate surface area is 152 Å². The number of hydrogen-bond acceptors (Lipinski definition) is 5. The van der Waals surface area contributed by atoms with E-state index in [1.807, 2.05) is 39.0 Å². The van der Waals surface area contributed by atoms with Gasteiger partial charge in [-0.3, -0.25) is 4.79 Å². The van der Waals surface area contributed by atoms with Gasteiger partial charge >= 0.3 is 0 Å². The predicted octanol–water partition coefficient (Wildman–Crippen LogP) is 3.14. The number of carbonyl (C=O) groups is 1. The van der Waals surface area contributed by atoms with E-state index in [-0.39, 0.29) is 12.5 Å². The highest BCUT2D eigenvalue weighted by molar-refractivity contribution is 6.04. The molecule has 0 aliphatic heterocycles. The minimum atomic E-state index is -0.154. The molecular weight excluding hydrogens is 330 g/mol. The van der Waals surface area contributed by atoms with Crippen LogP contribution in [-0.4, -0.2) is 26.1 Å². The molecule has 0 bridgehead atoms. The molecule has 0 radical (unpaired) electrons. The van der Waals surface area contributed by atoms with Crippen molar-refractivity contribution in [3.8, 4) is 5.75 Å². The minimum Gasteiger partial charge on any atom is -0.486 e. The van der Waals surface area contributed by atoms with Crippen LogP contribution in [0.3, 0.4) is 0 Å². The first kappa shape index (κ1) is 17.6. The van der Waals surface area contributed by atoms with E-state index in [0.29, 0.717) is 23.7 Å². The molecule has 7 heteroatoms. The highest BCUT2D eigenvalue weighted by atomic mass is 16.5. The molecule has 0 spiro atoms. The number of amides is 1. The summed E-state index contributed by atoms with van der Waals surface area (Å²) < 4.78 is 7.36. The van der Waals surface area contributed by atoms with Crippen molar-refractivity contribution in [3.05, 3.63) is 65.0 Å². The third-order valence-corrected chi connectivity index (χ3v) is 4.02. The molecule has 1 amide bonds. The number of nitrogens with one attached hydrogen (secondary N) is 1. The number of carbonyl (C=O) groups excluding carboxylic acids is 1. The van der Waals surface area contributed by atoms with Crippen molar-refractivity contribution >= 4 is 11.6 Å². The summed E-state index contributed by atoms with van der Waals surface area (Å²) in [6.07, 6.45) is 0. The summed E-state index contributed by atoms with van der Waals surface area (Å²) in [7, 11) is 0. The van der Waals surface area contributed by atoms with E-state index in [9.17, 15) is 4.79 Å². The zero-order valence-electron chi connectivity index (χ0n) is 15.1. The van der Waals surface area contributed by atoms with Crippen molar-refractivity contribution < 1.29 is 9.53 Å². The first-order valence-corrected chi connectivity index (χ1v) is 8.43. The minimum absolute atomic E-state index is 0.154. The Bertz CT molecular complexity index is 903. The number of hydrogen-bond donors (Lipinski definition) is 1. The van der Waals surface area contributed by atoms with Gasteiger partial charge in [0.15, 0.2) is 5.82 Å². The highest BCUT2D eigenvalue weighted by Crippen LogP contribution is 2.18. The van der Waals surface area contributed by atoms with Gasteiger partial charge in [-0.05, 0) is 67.1 Å². The van der Waals surface area contributed by atoms with E-state index < -0.39 is 0 Å². The summed E-state index contributed by atoms with van der Waals surface area (Å²) in [5.74, 6) is 1.15. The topological polar surface area (TPSA) is 81.9 Å². The first-order chi connectivity index (χ1) is 12.6. The molecule has 0 fully saturated rings. The summed E-state index contributed by atoms with van der Waals surface area (Å²) in [4.78, 5) is 12.4. The zero-order valence-corrected chi connectivity index (χ0v) is 15.1. The maximum absolute atomic E-state index is 12.4. The van der Waals surface area contributed by atoms with Crippen LogP contribution in [0.15, 0.2) is 42.5 Å². The largest absolute Gasteiger partial charge is 0.486 e. The van der Waals surface area contributed by atoms with Gasteiger partial charge in [0, 0.05) is 17.8 Å². The Morgan fingerprint density at radius 3 is 2.62 bits per heavy atom. The molecular formula is C19H21N5O2. The first-order valence-electron chi connectivity index (χ1n) is 8.43. The Morgan fingerprint density at radius 2 is 1.92 bits per heavy atom. The second-order valence-corrected chi connectivity index (χ2v) is 6.00. The van der Waals surface area contributed by atoms with Crippen molar-refractivity contribution in [1.29, 1.82) is 0 Å². The van der Waals surface area contributed by atoms with E-state index in [1.54, 1.807) is 28.9 Å². The standard InChI is InChI=1S/C19H21N5O2/c1-4-24-18(21-22-23-24)12-26-16-8-6-15(7-9-16)19(25)20-17-10-5-13(2)11-14(17)3/h5-11H,4,12H2,1-3H3,(H,20,25). The van der Waals surface area contributed by atoms with Crippen LogP contribution < -0.4 is 10.1 Å². The monoisotopic (exact) mass is 351 g/mol. The number of benzene rings is 2. The van der Waals surface area contributed by atoms with E-state index in [2.05, 4.69) is 20.8 Å². The summed E-state index contributed by atoms with van der Waals surface area (Å²) in [6.45, 7) is 6.92. The van der Waals surface area contributed by atoms with Crippen LogP contribution in [0.1, 0.15) is 34.2 Å². The molecule has 1 N–H and O–H groups in total. The highest BCUT2D eigenvalue weighted by Gasteiger charge is 2.09. The maximum atomic E-state index is 12.4. The summed E-state index contributed by atoms with van der Waals surface area (Å²) in [5.41, 5.74) is 3.58. The van der Waals surface area contributed by atoms with Gasteiger partial charge in [-0.25, -0.2) is 4.68 Å². The molecule has 7 nitrogen and oxygen atoms in total. The molecule has 1 aromatic heterocycles. The molecule has 26 heavy (non-hydrogen) atoms. The average Bonchev–Trinajstić information content (AvgIpc) is 3.10. The van der Waals surface area contributed by atoms with Crippen molar-refractivity contribution in [2.45, 2.75) is 33.9 Å². The van der Waals surface area contributed by atoms with Crippen LogP contribution in [0, 0.1) is 13.8 Å². The van der Waals surface area contributed by atoms with E-state index in [1.165, 1.54) is 0 Å². The number of aromatic nitrogens is 4. The fraction of sp³-hybridized carbons (Fsp3) is 0.263. The third kappa shape index (κ3) is 4.05. The van der Waals surface area contributed by atoms with Crippen molar-refractivity contribution in [3.63, 3.8) is 0 Å². The molecule has 3 aromatic rings. The average molecular weight is 351 g/mol. The van der Waals surface area contributed by atoms with Crippen molar-refractivity contribution in [2.24, 2.45) is 0 Å². The molecule has 0 aliphatic carbocycles. The second kappa shape index (κ2) is 7.77. The smallest absolute Gasteiger partial charge is 0.255 e. The quantitative estimate of drug-likeness (QED) is 0.738. The summed E-state index contributed by atoms with van der Waals surface area (Å²) in [6, 6.07) is 12.9. The van der Waals surface area contributed by atoms with Crippen LogP contribution in [0.25, 0.3) is 0 Å². The number of nitrogens with zero attached hydrogens (tertiary/aromatic N) is 4. The van der Waals surface area contributed by atoms with Crippen LogP contribution >= 0.6 is 0 Å². The molecule has 0 saturated heterocycles. The van der Waals surface area contributed by atoms with E-state index >= 15 is 0 Å². The normalized spacial score (nSPS) is 10.6. The van der Waals surface area contributed by atoms with Gasteiger partial charge in [-0.1, -0.05) is 17.7 Å². The van der Waals surface area contributed by atoms with Crippen LogP contribution in [0.4, 0.5) is 5.69 Å². The molecule has 134 valence electrons. The van der Waals surface area contributed by atoms with Crippen LogP contribution in [0.2, 0.25) is 0 Å². The fourth-order valence-corrected chi connectivity index (χ4v) is 2.57. The van der Waals surface area contributed by atoms with Gasteiger partial charge in [-0.2, -0.15) is 0 Å². The molecule has 1 heterocycles. The maximum Gasteiger partial charge on any atom is 0.255 e. The van der Waals surface area contributed by atoms with Gasteiger partial charge in [0.05, 0.1) is 0 Å². The lowest BCUT2D eigenvalue weighted by Crippen LogP contribution is -2.12. The van der Waals surface area contributed by atoms with Gasteiger partial charge in [0.1, 0.15) is 12.4 Å². The van der Waals surface area contributed by atoms with Crippen LogP contribution in [-0.2, 0) is 13.2 Å². The molecule has 2 aromatic carbocycles. The molecule has 0 saturated carbocycles. The van der Waals surface area contributed by atoms with Crippen molar-refractivity contribution in [2.75, 3.05) is 5.32 Å². The van der Waals surface area contributed by atoms with E-state index in [4.69, 9.17) is 4.74 Å². The summed E-state index contributed by atoms with van der Waals surface area (Å²) >= 11 is 0. The Hall–Kier alpha value is -3.22. The number of aryl methyl sites for hydroxylation is 3. The van der Waals surface area contributed by atoms with Gasteiger partial charge in [0.25, 0.3) is 5.91 Å². The number of tetrazole rings is 1. The zero-order chi connectivity index (χ0) is 18.5. The number of anilines is 1. The lowest BCUT2D eigenvalue weighted by molar-refractivity contribution is 0.102. The lowest BCUT2D eigenvalue weighted by Gasteiger charge is -2.10. The lowest BCUT2D eigenvalue weighted by atomic mass is 10.1. The van der Waals surface area contributed by atoms with Crippen LogP contribution in [0.5, 0.6) is 5.75 Å². The molecule has 0 atom stereocenters. The van der Waals surface area contributed by atoms with E-state index in [0.717, 1.165) is 16.8 Å². The molecule has 0 unspecified atom stereocenters. The Balaban J connectivity index is 1.62. The predicted molar refractivity (Wildman–Crippen MR) is 98.1 cm³/mol. The third-order valence-electron chi connectivity index (χ3n) is 4.02. The second-order valence-electron chi connectivity index (χ2n) is 6.00.